The van der Waals surface area contributed by atoms with Gasteiger partial charge in [-0.05, 0) is 43.4 Å². The van der Waals surface area contributed by atoms with Crippen molar-refractivity contribution in [2.45, 2.75) is 31.7 Å². The minimum absolute atomic E-state index is 0.226. The second-order valence-corrected chi connectivity index (χ2v) is 7.21. The normalized spacial score (nSPS) is 16.2. The molecule has 0 aliphatic heterocycles. The molecule has 0 fully saturated rings. The zero-order valence-electron chi connectivity index (χ0n) is 10.3. The van der Waals surface area contributed by atoms with Crippen LogP contribution in [0.2, 0.25) is 5.02 Å². The number of aromatic nitrogens is 1. The van der Waals surface area contributed by atoms with Crippen LogP contribution >= 0.6 is 38.9 Å². The van der Waals surface area contributed by atoms with Crippen molar-refractivity contribution in [3.8, 4) is 0 Å². The highest BCUT2D eigenvalue weighted by Crippen LogP contribution is 2.34. The van der Waals surface area contributed by atoms with Crippen LogP contribution in [-0.4, -0.2) is 4.98 Å². The molecule has 2 aromatic rings. The number of benzene rings is 1. The maximum atomic E-state index is 6.33. The summed E-state index contributed by atoms with van der Waals surface area (Å²) in [5.74, 6) is 0. The number of rotatable bonds is 2. The lowest BCUT2D eigenvalue weighted by Crippen LogP contribution is -2.12. The molecule has 0 radical (unpaired) electrons. The van der Waals surface area contributed by atoms with Crippen molar-refractivity contribution in [3.63, 3.8) is 0 Å². The SMILES string of the molecule is NC(c1nc2c(s1)CCCC2)c1ccc(Br)cc1Cl. The van der Waals surface area contributed by atoms with Gasteiger partial charge >= 0.3 is 0 Å². The summed E-state index contributed by atoms with van der Waals surface area (Å²) in [7, 11) is 0. The van der Waals surface area contributed by atoms with Gasteiger partial charge in [0.1, 0.15) is 5.01 Å². The summed E-state index contributed by atoms with van der Waals surface area (Å²) in [5.41, 5.74) is 8.51. The van der Waals surface area contributed by atoms with E-state index in [1.807, 2.05) is 18.2 Å². The van der Waals surface area contributed by atoms with Gasteiger partial charge in [-0.25, -0.2) is 4.98 Å². The predicted molar refractivity (Wildman–Crippen MR) is 83.9 cm³/mol. The van der Waals surface area contributed by atoms with Crippen molar-refractivity contribution in [1.29, 1.82) is 0 Å². The van der Waals surface area contributed by atoms with Crippen LogP contribution < -0.4 is 5.73 Å². The molecule has 19 heavy (non-hydrogen) atoms. The highest BCUT2D eigenvalue weighted by Gasteiger charge is 2.21. The van der Waals surface area contributed by atoms with E-state index < -0.39 is 0 Å². The van der Waals surface area contributed by atoms with Gasteiger partial charge in [-0.15, -0.1) is 11.3 Å². The molecule has 1 atom stereocenters. The Bertz CT molecular complexity index is 588. The molecule has 2 nitrogen and oxygen atoms in total. The maximum Gasteiger partial charge on any atom is 0.114 e. The van der Waals surface area contributed by atoms with Gasteiger partial charge in [0.2, 0.25) is 0 Å². The van der Waals surface area contributed by atoms with Crippen LogP contribution in [0.4, 0.5) is 0 Å². The molecule has 0 bridgehead atoms. The number of halogens is 2. The van der Waals surface area contributed by atoms with Gasteiger partial charge in [-0.3, -0.25) is 0 Å². The van der Waals surface area contributed by atoms with E-state index in [1.54, 1.807) is 11.3 Å². The molecule has 2 N–H and O–H groups in total. The Kier molecular flexibility index (Phi) is 3.94. The number of nitrogens with two attached hydrogens (primary N) is 1. The number of hydrogen-bond donors (Lipinski definition) is 1. The van der Waals surface area contributed by atoms with E-state index in [0.717, 1.165) is 27.9 Å². The van der Waals surface area contributed by atoms with Crippen LogP contribution in [0.5, 0.6) is 0 Å². The van der Waals surface area contributed by atoms with Gasteiger partial charge in [0.25, 0.3) is 0 Å². The lowest BCUT2D eigenvalue weighted by Gasteiger charge is -2.11. The van der Waals surface area contributed by atoms with Crippen molar-refractivity contribution in [3.05, 3.63) is 48.8 Å². The first-order chi connectivity index (χ1) is 9.15. The lowest BCUT2D eigenvalue weighted by atomic mass is 10.0. The Balaban J connectivity index is 1.94. The Hall–Kier alpha value is -0.420. The molecule has 1 aliphatic rings. The molecular weight excluding hydrogens is 344 g/mol. The van der Waals surface area contributed by atoms with Crippen molar-refractivity contribution >= 4 is 38.9 Å². The molecule has 1 aliphatic carbocycles. The molecule has 0 spiro atoms. The van der Waals surface area contributed by atoms with Crippen LogP contribution in [0.3, 0.4) is 0 Å². The number of hydrogen-bond acceptors (Lipinski definition) is 3. The number of fused-ring (bicyclic) bond motifs is 1. The van der Waals surface area contributed by atoms with Gasteiger partial charge in [-0.2, -0.15) is 0 Å². The monoisotopic (exact) mass is 356 g/mol. The third kappa shape index (κ3) is 2.72. The highest BCUT2D eigenvalue weighted by atomic mass is 79.9. The number of nitrogens with zero attached hydrogens (tertiary/aromatic N) is 1. The van der Waals surface area contributed by atoms with E-state index in [9.17, 15) is 0 Å². The molecule has 1 aromatic carbocycles. The Labute approximate surface area is 130 Å². The molecule has 1 aromatic heterocycles. The average Bonchev–Trinajstić information content (AvgIpc) is 2.81. The lowest BCUT2D eigenvalue weighted by molar-refractivity contribution is 0.678. The van der Waals surface area contributed by atoms with Crippen LogP contribution in [0.1, 0.15) is 40.0 Å². The fraction of sp³-hybridized carbons (Fsp3) is 0.357. The van der Waals surface area contributed by atoms with E-state index in [-0.39, 0.29) is 6.04 Å². The summed E-state index contributed by atoms with van der Waals surface area (Å²) >= 11 is 11.4. The topological polar surface area (TPSA) is 38.9 Å². The molecule has 1 unspecified atom stereocenters. The van der Waals surface area contributed by atoms with Crippen molar-refractivity contribution in [2.75, 3.05) is 0 Å². The second kappa shape index (κ2) is 5.52. The summed E-state index contributed by atoms with van der Waals surface area (Å²) in [6.45, 7) is 0. The number of aryl methyl sites for hydroxylation is 2. The third-order valence-electron chi connectivity index (χ3n) is 3.43. The molecule has 1 heterocycles. The minimum atomic E-state index is -0.226. The Morgan fingerprint density at radius 1 is 1.32 bits per heavy atom. The summed E-state index contributed by atoms with van der Waals surface area (Å²) in [6, 6.07) is 5.59. The first-order valence-electron chi connectivity index (χ1n) is 6.34. The van der Waals surface area contributed by atoms with E-state index in [0.29, 0.717) is 5.02 Å². The largest absolute Gasteiger partial charge is 0.318 e. The quantitative estimate of drug-likeness (QED) is 0.860. The van der Waals surface area contributed by atoms with E-state index in [2.05, 4.69) is 15.9 Å². The molecule has 0 amide bonds. The first kappa shape index (κ1) is 13.6. The van der Waals surface area contributed by atoms with Gasteiger partial charge in [0.15, 0.2) is 0 Å². The Morgan fingerprint density at radius 2 is 2.11 bits per heavy atom. The molecular formula is C14H14BrClN2S. The van der Waals surface area contributed by atoms with Crippen molar-refractivity contribution in [2.24, 2.45) is 5.73 Å². The molecule has 3 rings (SSSR count). The Morgan fingerprint density at radius 3 is 2.84 bits per heavy atom. The van der Waals surface area contributed by atoms with Crippen LogP contribution in [0.15, 0.2) is 22.7 Å². The predicted octanol–water partition coefficient (Wildman–Crippen LogP) is 4.49. The van der Waals surface area contributed by atoms with E-state index in [1.165, 1.54) is 23.4 Å². The average molecular weight is 358 g/mol. The van der Waals surface area contributed by atoms with Gasteiger partial charge < -0.3 is 5.73 Å². The van der Waals surface area contributed by atoms with Gasteiger partial charge in [0, 0.05) is 14.4 Å². The third-order valence-corrected chi connectivity index (χ3v) is 5.49. The fourth-order valence-electron chi connectivity index (χ4n) is 2.39. The standard InChI is InChI=1S/C14H14BrClN2S/c15-8-5-6-9(10(16)7-8)13(17)14-18-11-3-1-2-4-12(11)19-14/h5-7,13H,1-4,17H2. The van der Waals surface area contributed by atoms with Crippen LogP contribution in [-0.2, 0) is 12.8 Å². The number of thiazole rings is 1. The molecule has 0 saturated carbocycles. The van der Waals surface area contributed by atoms with Crippen molar-refractivity contribution in [1.82, 2.24) is 4.98 Å². The van der Waals surface area contributed by atoms with E-state index in [4.69, 9.17) is 22.3 Å². The summed E-state index contributed by atoms with van der Waals surface area (Å²) < 4.78 is 0.965. The smallest absolute Gasteiger partial charge is 0.114 e. The summed E-state index contributed by atoms with van der Waals surface area (Å²) in [4.78, 5) is 6.12. The maximum absolute atomic E-state index is 6.33. The van der Waals surface area contributed by atoms with Gasteiger partial charge in [-0.1, -0.05) is 33.6 Å². The molecule has 100 valence electrons. The summed E-state index contributed by atoms with van der Waals surface area (Å²) in [5, 5.41) is 1.67. The molecule has 0 saturated heterocycles. The highest BCUT2D eigenvalue weighted by molar-refractivity contribution is 9.10. The van der Waals surface area contributed by atoms with Crippen LogP contribution in [0.25, 0.3) is 0 Å². The zero-order chi connectivity index (χ0) is 13.4. The first-order valence-corrected chi connectivity index (χ1v) is 8.33. The summed E-state index contributed by atoms with van der Waals surface area (Å²) in [6.07, 6.45) is 4.74. The zero-order valence-corrected chi connectivity index (χ0v) is 13.5. The fourth-order valence-corrected chi connectivity index (χ4v) is 4.36. The minimum Gasteiger partial charge on any atom is -0.318 e. The van der Waals surface area contributed by atoms with E-state index >= 15 is 0 Å². The van der Waals surface area contributed by atoms with Crippen LogP contribution in [0, 0.1) is 0 Å². The van der Waals surface area contributed by atoms with Crippen molar-refractivity contribution < 1.29 is 0 Å². The van der Waals surface area contributed by atoms with Gasteiger partial charge in [0.05, 0.1) is 11.7 Å². The molecule has 5 heteroatoms. The second-order valence-electron chi connectivity index (χ2n) is 4.77.